The topological polar surface area (TPSA) is 144 Å². The number of aliphatic hydroxyl groups excluding tert-OH is 3. The summed E-state index contributed by atoms with van der Waals surface area (Å²) >= 11 is 0. The molecule has 39 heavy (non-hydrogen) atoms. The molecule has 3 N–H and O–H groups in total. The lowest BCUT2D eigenvalue weighted by atomic mass is 9.51. The normalized spacial score (nSPS) is 48.2. The third-order valence-corrected chi connectivity index (χ3v) is 9.79. The van der Waals surface area contributed by atoms with Crippen LogP contribution in [0.3, 0.4) is 0 Å². The average Bonchev–Trinajstić information content (AvgIpc) is 3.65. The van der Waals surface area contributed by atoms with E-state index in [0.717, 1.165) is 5.57 Å². The average molecular weight is 549 g/mol. The van der Waals surface area contributed by atoms with Gasteiger partial charge >= 0.3 is 11.9 Å². The maximum atomic E-state index is 13.1. The fraction of sp³-hybridized carbons (Fsp3) is 0.724. The molecule has 2 saturated heterocycles. The van der Waals surface area contributed by atoms with Crippen molar-refractivity contribution in [3.63, 3.8) is 0 Å². The van der Waals surface area contributed by atoms with Crippen molar-refractivity contribution >= 4 is 11.9 Å². The van der Waals surface area contributed by atoms with E-state index >= 15 is 0 Å². The first-order chi connectivity index (χ1) is 18.4. The van der Waals surface area contributed by atoms with E-state index in [2.05, 4.69) is 0 Å². The van der Waals surface area contributed by atoms with Gasteiger partial charge < -0.3 is 39.0 Å². The third kappa shape index (κ3) is 4.69. The molecule has 2 bridgehead atoms. The summed E-state index contributed by atoms with van der Waals surface area (Å²) in [4.78, 5) is 26.0. The van der Waals surface area contributed by atoms with Gasteiger partial charge in [0.25, 0.3) is 0 Å². The zero-order valence-corrected chi connectivity index (χ0v) is 22.9. The van der Waals surface area contributed by atoms with Crippen molar-refractivity contribution in [2.24, 2.45) is 16.7 Å². The van der Waals surface area contributed by atoms with Gasteiger partial charge in [0.15, 0.2) is 0 Å². The van der Waals surface area contributed by atoms with Gasteiger partial charge in [-0.2, -0.15) is 0 Å². The maximum absolute atomic E-state index is 13.1. The summed E-state index contributed by atoms with van der Waals surface area (Å²) in [6.07, 6.45) is 3.77. The van der Waals surface area contributed by atoms with Crippen LogP contribution < -0.4 is 0 Å². The van der Waals surface area contributed by atoms with Crippen molar-refractivity contribution in [2.75, 3.05) is 19.8 Å². The first-order valence-corrected chi connectivity index (χ1v) is 13.8. The molecule has 1 saturated carbocycles. The lowest BCUT2D eigenvalue weighted by Gasteiger charge is -2.58. The number of ether oxygens (including phenoxy) is 5. The Balaban J connectivity index is 1.52. The zero-order chi connectivity index (χ0) is 28.2. The Kier molecular flexibility index (Phi) is 7.58. The number of epoxide rings is 1. The van der Waals surface area contributed by atoms with Gasteiger partial charge in [-0.3, -0.25) is 4.79 Å². The highest BCUT2D eigenvalue weighted by atomic mass is 16.6. The molecule has 0 radical (unpaired) electrons. The van der Waals surface area contributed by atoms with Crippen molar-refractivity contribution in [3.8, 4) is 0 Å². The monoisotopic (exact) mass is 548 g/mol. The van der Waals surface area contributed by atoms with Crippen molar-refractivity contribution in [3.05, 3.63) is 36.0 Å². The van der Waals surface area contributed by atoms with Gasteiger partial charge in [0, 0.05) is 17.9 Å². The predicted molar refractivity (Wildman–Crippen MR) is 137 cm³/mol. The van der Waals surface area contributed by atoms with Crippen LogP contribution in [0.4, 0.5) is 0 Å². The Hall–Kier alpha value is -2.08. The van der Waals surface area contributed by atoms with E-state index in [9.17, 15) is 24.9 Å². The van der Waals surface area contributed by atoms with Crippen LogP contribution in [-0.2, 0) is 33.3 Å². The Labute approximate surface area is 228 Å². The molecule has 5 aliphatic rings. The summed E-state index contributed by atoms with van der Waals surface area (Å²) in [6, 6.07) is 0. The lowest BCUT2D eigenvalue weighted by molar-refractivity contribution is -0.239. The number of hydrogen-bond acceptors (Lipinski definition) is 10. The molecule has 3 fully saturated rings. The van der Waals surface area contributed by atoms with Crippen molar-refractivity contribution in [2.45, 2.75) is 95.3 Å². The Morgan fingerprint density at radius 2 is 1.87 bits per heavy atom. The Bertz CT molecular complexity index is 1060. The number of esters is 2. The van der Waals surface area contributed by atoms with Gasteiger partial charge in [-0.1, -0.05) is 38.2 Å². The number of carbonyl (C=O) groups excluding carboxylic acids is 2. The van der Waals surface area contributed by atoms with E-state index < -0.39 is 70.9 Å². The van der Waals surface area contributed by atoms with E-state index in [1.165, 1.54) is 12.2 Å². The first kappa shape index (κ1) is 28.4. The van der Waals surface area contributed by atoms with Gasteiger partial charge in [0.05, 0.1) is 55.6 Å². The van der Waals surface area contributed by atoms with Crippen LogP contribution in [-0.4, -0.2) is 95.4 Å². The summed E-state index contributed by atoms with van der Waals surface area (Å²) in [5.41, 5.74) is -1.66. The molecule has 3 heterocycles. The quantitative estimate of drug-likeness (QED) is 0.250. The fourth-order valence-electron chi connectivity index (χ4n) is 7.02. The summed E-state index contributed by atoms with van der Waals surface area (Å²) in [5, 5.41) is 31.7. The van der Waals surface area contributed by atoms with Gasteiger partial charge in [-0.15, -0.1) is 0 Å². The number of cyclic esters (lactones) is 1. The van der Waals surface area contributed by atoms with Crippen LogP contribution in [0.1, 0.15) is 47.0 Å². The van der Waals surface area contributed by atoms with Crippen molar-refractivity contribution in [1.29, 1.82) is 0 Å². The Morgan fingerprint density at radius 3 is 2.56 bits per heavy atom. The number of rotatable bonds is 1. The maximum Gasteiger partial charge on any atom is 0.331 e. The second-order valence-corrected chi connectivity index (χ2v) is 12.1. The smallest absolute Gasteiger partial charge is 0.331 e. The third-order valence-electron chi connectivity index (χ3n) is 9.79. The van der Waals surface area contributed by atoms with Crippen molar-refractivity contribution in [1.82, 2.24) is 0 Å². The number of allylic oxidation sites excluding steroid dienone is 2. The number of carbonyl (C=O) groups is 2. The van der Waals surface area contributed by atoms with Crippen LogP contribution in [0, 0.1) is 16.7 Å². The van der Waals surface area contributed by atoms with Crippen LogP contribution in [0.5, 0.6) is 0 Å². The van der Waals surface area contributed by atoms with Gasteiger partial charge in [-0.05, 0) is 31.8 Å². The first-order valence-electron chi connectivity index (χ1n) is 13.8. The van der Waals surface area contributed by atoms with E-state index in [1.807, 2.05) is 19.9 Å². The fourth-order valence-corrected chi connectivity index (χ4v) is 7.02. The van der Waals surface area contributed by atoms with E-state index in [4.69, 9.17) is 23.7 Å². The summed E-state index contributed by atoms with van der Waals surface area (Å²) in [7, 11) is 0. The molecule has 10 heteroatoms. The van der Waals surface area contributed by atoms with Crippen molar-refractivity contribution < 1.29 is 48.6 Å². The standard InChI is InChI=1S/C29H40O10/c1-16-9-23-28(12-19(16)31)14-36-26(34)10-17(2)20(32)13-35-21(18(3)30)7-5-6-8-25(33)39-22-11-24(38-23)29(15-37-29)27(22,28)4/h5-9,17-24,30-32H,10-15H2,1-4H3/b7-5+,8-6?. The van der Waals surface area contributed by atoms with Gasteiger partial charge in [0.1, 0.15) is 24.4 Å². The molecule has 0 aromatic heterocycles. The molecule has 2 aliphatic carbocycles. The second kappa shape index (κ2) is 10.4. The molecule has 3 aliphatic heterocycles. The van der Waals surface area contributed by atoms with Gasteiger partial charge in [0.2, 0.25) is 0 Å². The predicted octanol–water partition coefficient (Wildman–Crippen LogP) is 1.36. The molecule has 0 aromatic rings. The number of aliphatic hydroxyl groups is 3. The zero-order valence-electron chi connectivity index (χ0n) is 22.9. The molecule has 11 atom stereocenters. The minimum absolute atomic E-state index is 0.0547. The minimum Gasteiger partial charge on any atom is -0.465 e. The molecule has 11 unspecified atom stereocenters. The van der Waals surface area contributed by atoms with E-state index in [1.54, 1.807) is 26.0 Å². The van der Waals surface area contributed by atoms with Crippen LogP contribution >= 0.6 is 0 Å². The SMILES string of the molecule is CC1=CC2OC3CC4OC(=O)C=C/C=C/C(C(C)O)OCC(O)C(C)CC(=O)OCC2(CC1O)C4(C)C31CO1. The summed E-state index contributed by atoms with van der Waals surface area (Å²) in [6.45, 7) is 7.40. The van der Waals surface area contributed by atoms with Crippen LogP contribution in [0.15, 0.2) is 36.0 Å². The molecule has 5 rings (SSSR count). The molecule has 0 amide bonds. The highest BCUT2D eigenvalue weighted by Gasteiger charge is 2.83. The molecule has 2 spiro atoms. The Morgan fingerprint density at radius 1 is 1.13 bits per heavy atom. The van der Waals surface area contributed by atoms with Crippen LogP contribution in [0.2, 0.25) is 0 Å². The molecule has 10 nitrogen and oxygen atoms in total. The molecule has 0 aromatic carbocycles. The molecular formula is C29H40O10. The highest BCUT2D eigenvalue weighted by molar-refractivity contribution is 5.82. The van der Waals surface area contributed by atoms with Crippen LogP contribution in [0.25, 0.3) is 0 Å². The highest BCUT2D eigenvalue weighted by Crippen LogP contribution is 2.72. The largest absolute Gasteiger partial charge is 0.465 e. The van der Waals surface area contributed by atoms with Gasteiger partial charge in [-0.25, -0.2) is 4.79 Å². The number of hydrogen-bond donors (Lipinski definition) is 3. The summed E-state index contributed by atoms with van der Waals surface area (Å²) < 4.78 is 30.2. The second-order valence-electron chi connectivity index (χ2n) is 12.1. The minimum atomic E-state index is -0.969. The summed E-state index contributed by atoms with van der Waals surface area (Å²) in [5.74, 6) is -1.53. The molecule has 216 valence electrons. The van der Waals surface area contributed by atoms with E-state index in [-0.39, 0.29) is 32.2 Å². The van der Waals surface area contributed by atoms with E-state index in [0.29, 0.717) is 13.0 Å². The molecular weight excluding hydrogens is 508 g/mol. The lowest BCUT2D eigenvalue weighted by Crippen LogP contribution is -2.68.